The molecule has 11 heteroatoms. The minimum Gasteiger partial charge on any atom is -0.453 e. The first-order chi connectivity index (χ1) is 12.2. The Hall–Kier alpha value is -2.27. The van der Waals surface area contributed by atoms with Gasteiger partial charge < -0.3 is 14.5 Å². The molecule has 1 saturated heterocycles. The average Bonchev–Trinajstić information content (AvgIpc) is 2.62. The number of hydrogen-bond acceptors (Lipinski definition) is 5. The van der Waals surface area contributed by atoms with E-state index in [9.17, 15) is 26.8 Å². The Morgan fingerprint density at radius 1 is 1.19 bits per heavy atom. The Bertz CT molecular complexity index is 794. The molecule has 0 radical (unpaired) electrons. The highest BCUT2D eigenvalue weighted by molar-refractivity contribution is 7.89. The summed E-state index contributed by atoms with van der Waals surface area (Å²) in [6.45, 7) is -0.191. The molecule has 1 aliphatic heterocycles. The molecule has 1 heterocycles. The Morgan fingerprint density at radius 3 is 2.38 bits per heavy atom. The maximum Gasteiger partial charge on any atom is 0.409 e. The first kappa shape index (κ1) is 20.0. The van der Waals surface area contributed by atoms with Crippen molar-refractivity contribution in [3.8, 4) is 0 Å². The molecule has 26 heavy (non-hydrogen) atoms. The van der Waals surface area contributed by atoms with Crippen molar-refractivity contribution in [2.45, 2.75) is 4.90 Å². The SMILES string of the molecule is COC(=O)N(C)CC(=O)N1CCN(S(=O)(=O)c2cc(F)ccc2F)CC1. The number of sulfonamides is 1. The second-order valence-corrected chi connectivity index (χ2v) is 7.59. The van der Waals surface area contributed by atoms with Gasteiger partial charge in [-0.05, 0) is 18.2 Å². The van der Waals surface area contributed by atoms with Crippen molar-refractivity contribution in [3.05, 3.63) is 29.8 Å². The lowest BCUT2D eigenvalue weighted by molar-refractivity contribution is -0.133. The van der Waals surface area contributed by atoms with E-state index in [1.54, 1.807) is 0 Å². The molecule has 0 aliphatic carbocycles. The minimum atomic E-state index is -4.21. The van der Waals surface area contributed by atoms with Crippen LogP contribution in [0.25, 0.3) is 0 Å². The van der Waals surface area contributed by atoms with E-state index in [2.05, 4.69) is 4.74 Å². The number of nitrogens with zero attached hydrogens (tertiary/aromatic N) is 3. The highest BCUT2D eigenvalue weighted by Crippen LogP contribution is 2.21. The highest BCUT2D eigenvalue weighted by Gasteiger charge is 2.32. The fraction of sp³-hybridized carbons (Fsp3) is 0.467. The third kappa shape index (κ3) is 4.28. The molecule has 1 fully saturated rings. The molecule has 2 amide bonds. The molecule has 0 bridgehead atoms. The standard InChI is InChI=1S/C15H19F2N3O5S/c1-18(15(22)25-2)10-14(21)19-5-7-20(8-6-19)26(23,24)13-9-11(16)3-4-12(13)17/h3-4,9H,5-8,10H2,1-2H3. The molecule has 0 saturated carbocycles. The van der Waals surface area contributed by atoms with E-state index >= 15 is 0 Å². The lowest BCUT2D eigenvalue weighted by Crippen LogP contribution is -2.52. The number of halogens is 2. The minimum absolute atomic E-state index is 0.0635. The van der Waals surface area contributed by atoms with E-state index in [-0.39, 0.29) is 38.6 Å². The summed E-state index contributed by atoms with van der Waals surface area (Å²) in [5, 5.41) is 0. The van der Waals surface area contributed by atoms with Crippen LogP contribution in [0.3, 0.4) is 0 Å². The van der Waals surface area contributed by atoms with Gasteiger partial charge >= 0.3 is 6.09 Å². The fourth-order valence-corrected chi connectivity index (χ4v) is 4.01. The molecule has 144 valence electrons. The number of benzene rings is 1. The summed E-state index contributed by atoms with van der Waals surface area (Å²) < 4.78 is 57.5. The van der Waals surface area contributed by atoms with E-state index in [4.69, 9.17) is 0 Å². The van der Waals surface area contributed by atoms with E-state index in [1.165, 1.54) is 19.1 Å². The van der Waals surface area contributed by atoms with Crippen LogP contribution in [0.4, 0.5) is 13.6 Å². The number of ether oxygens (including phenoxy) is 1. The van der Waals surface area contributed by atoms with Gasteiger partial charge in [0, 0.05) is 33.2 Å². The van der Waals surface area contributed by atoms with Gasteiger partial charge in [0.2, 0.25) is 15.9 Å². The highest BCUT2D eigenvalue weighted by atomic mass is 32.2. The van der Waals surface area contributed by atoms with Gasteiger partial charge in [-0.1, -0.05) is 0 Å². The molecule has 8 nitrogen and oxygen atoms in total. The number of piperazine rings is 1. The van der Waals surface area contributed by atoms with Gasteiger partial charge in [-0.2, -0.15) is 4.31 Å². The maximum atomic E-state index is 13.8. The van der Waals surface area contributed by atoms with E-state index in [1.807, 2.05) is 0 Å². The molecular formula is C15H19F2N3O5S. The van der Waals surface area contributed by atoms with Crippen LogP contribution in [0.1, 0.15) is 0 Å². The topological polar surface area (TPSA) is 87.2 Å². The number of amides is 2. The fourth-order valence-electron chi connectivity index (χ4n) is 2.52. The van der Waals surface area contributed by atoms with Gasteiger partial charge in [-0.3, -0.25) is 4.79 Å². The van der Waals surface area contributed by atoms with Crippen molar-refractivity contribution in [2.75, 3.05) is 46.9 Å². The van der Waals surface area contributed by atoms with Crippen molar-refractivity contribution < 1.29 is 31.5 Å². The molecule has 0 spiro atoms. The zero-order valence-electron chi connectivity index (χ0n) is 14.3. The number of likely N-dealkylation sites (N-methyl/N-ethyl adjacent to an activating group) is 1. The summed E-state index contributed by atoms with van der Waals surface area (Å²) >= 11 is 0. The zero-order chi connectivity index (χ0) is 19.5. The quantitative estimate of drug-likeness (QED) is 0.746. The molecule has 0 unspecified atom stereocenters. The first-order valence-electron chi connectivity index (χ1n) is 7.69. The summed E-state index contributed by atoms with van der Waals surface area (Å²) in [5.41, 5.74) is 0. The third-order valence-corrected chi connectivity index (χ3v) is 5.87. The van der Waals surface area contributed by atoms with Crippen molar-refractivity contribution >= 4 is 22.0 Å². The molecule has 0 atom stereocenters. The van der Waals surface area contributed by atoms with Crippen LogP contribution in [-0.4, -0.2) is 81.4 Å². The number of rotatable bonds is 4. The van der Waals surface area contributed by atoms with Gasteiger partial charge in [0.05, 0.1) is 7.11 Å². The third-order valence-electron chi connectivity index (χ3n) is 3.96. The Labute approximate surface area is 150 Å². The zero-order valence-corrected chi connectivity index (χ0v) is 15.1. The lowest BCUT2D eigenvalue weighted by atomic mass is 10.3. The van der Waals surface area contributed by atoms with Crippen LogP contribution in [-0.2, 0) is 19.6 Å². The number of carbonyl (C=O) groups excluding carboxylic acids is 2. The van der Waals surface area contributed by atoms with Gasteiger partial charge in [0.25, 0.3) is 0 Å². The predicted octanol–water partition coefficient (Wildman–Crippen LogP) is 0.496. The van der Waals surface area contributed by atoms with Crippen LogP contribution in [0.5, 0.6) is 0 Å². The molecule has 1 aromatic carbocycles. The van der Waals surface area contributed by atoms with Crippen molar-refractivity contribution in [1.82, 2.24) is 14.1 Å². The van der Waals surface area contributed by atoms with Gasteiger partial charge in [-0.15, -0.1) is 0 Å². The molecule has 1 aromatic rings. The van der Waals surface area contributed by atoms with Crippen LogP contribution >= 0.6 is 0 Å². The van der Waals surface area contributed by atoms with Crippen molar-refractivity contribution in [2.24, 2.45) is 0 Å². The van der Waals surface area contributed by atoms with Gasteiger partial charge in [0.15, 0.2) is 0 Å². The normalized spacial score (nSPS) is 15.6. The molecular weight excluding hydrogens is 372 g/mol. The second-order valence-electron chi connectivity index (χ2n) is 5.69. The van der Waals surface area contributed by atoms with E-state index in [0.717, 1.165) is 21.3 Å². The van der Waals surface area contributed by atoms with Crippen LogP contribution < -0.4 is 0 Å². The first-order valence-corrected chi connectivity index (χ1v) is 9.13. The van der Waals surface area contributed by atoms with Crippen molar-refractivity contribution in [3.63, 3.8) is 0 Å². The predicted molar refractivity (Wildman–Crippen MR) is 86.7 cm³/mol. The van der Waals surface area contributed by atoms with Gasteiger partial charge in [-0.25, -0.2) is 22.0 Å². The monoisotopic (exact) mass is 391 g/mol. The summed E-state index contributed by atoms with van der Waals surface area (Å²) in [7, 11) is -1.62. The average molecular weight is 391 g/mol. The molecule has 0 N–H and O–H groups in total. The molecule has 1 aliphatic rings. The Morgan fingerprint density at radius 2 is 1.81 bits per heavy atom. The number of methoxy groups -OCH3 is 1. The Balaban J connectivity index is 2.02. The smallest absolute Gasteiger partial charge is 0.409 e. The Kier molecular flexibility index (Phi) is 6.13. The summed E-state index contributed by atoms with van der Waals surface area (Å²) in [6.07, 6.45) is -0.666. The van der Waals surface area contributed by atoms with Crippen molar-refractivity contribution in [1.29, 1.82) is 0 Å². The van der Waals surface area contributed by atoms with Crippen LogP contribution in [0, 0.1) is 11.6 Å². The number of carbonyl (C=O) groups is 2. The van der Waals surface area contributed by atoms with E-state index in [0.29, 0.717) is 6.07 Å². The summed E-state index contributed by atoms with van der Waals surface area (Å²) in [4.78, 5) is 25.2. The largest absolute Gasteiger partial charge is 0.453 e. The van der Waals surface area contributed by atoms with E-state index < -0.39 is 32.6 Å². The lowest BCUT2D eigenvalue weighted by Gasteiger charge is -2.34. The second kappa shape index (κ2) is 7.96. The molecule has 0 aromatic heterocycles. The summed E-state index contributed by atoms with van der Waals surface area (Å²) in [5.74, 6) is -2.26. The van der Waals surface area contributed by atoms with Crippen LogP contribution in [0.2, 0.25) is 0 Å². The van der Waals surface area contributed by atoms with Gasteiger partial charge in [0.1, 0.15) is 23.1 Å². The number of hydrogen-bond donors (Lipinski definition) is 0. The molecule has 2 rings (SSSR count). The maximum absolute atomic E-state index is 13.8. The van der Waals surface area contributed by atoms with Crippen LogP contribution in [0.15, 0.2) is 23.1 Å². The summed E-state index contributed by atoms with van der Waals surface area (Å²) in [6, 6.07) is 2.22.